The monoisotopic (exact) mass is 303 g/mol. The van der Waals surface area contributed by atoms with Crippen molar-refractivity contribution in [2.75, 3.05) is 23.7 Å². The Morgan fingerprint density at radius 3 is 2.59 bits per heavy atom. The second kappa shape index (κ2) is 7.59. The maximum absolute atomic E-state index is 12.1. The summed E-state index contributed by atoms with van der Waals surface area (Å²) >= 11 is 0. The molecule has 0 aromatic heterocycles. The Morgan fingerprint density at radius 1 is 1.14 bits per heavy atom. The maximum Gasteiger partial charge on any atom is 0.243 e. The van der Waals surface area contributed by atoms with Crippen LogP contribution in [0.15, 0.2) is 24.3 Å². The van der Waals surface area contributed by atoms with Crippen LogP contribution in [0.1, 0.15) is 32.6 Å². The van der Waals surface area contributed by atoms with E-state index < -0.39 is 0 Å². The van der Waals surface area contributed by atoms with Gasteiger partial charge >= 0.3 is 0 Å². The Morgan fingerprint density at radius 2 is 1.86 bits per heavy atom. The molecular weight excluding hydrogens is 282 g/mol. The van der Waals surface area contributed by atoms with Crippen molar-refractivity contribution >= 4 is 29.1 Å². The molecule has 1 aromatic rings. The second-order valence-electron chi connectivity index (χ2n) is 5.44. The average molecular weight is 303 g/mol. The van der Waals surface area contributed by atoms with E-state index >= 15 is 0 Å². The minimum absolute atomic E-state index is 0.0413. The molecule has 0 saturated carbocycles. The van der Waals surface area contributed by atoms with Crippen molar-refractivity contribution in [3.63, 3.8) is 0 Å². The number of likely N-dealkylation sites (tertiary alicyclic amines) is 1. The highest BCUT2D eigenvalue weighted by molar-refractivity contribution is 5.95. The molecule has 1 aromatic carbocycles. The van der Waals surface area contributed by atoms with E-state index in [1.807, 2.05) is 0 Å². The molecule has 1 aliphatic rings. The number of nitrogens with zero attached hydrogens (tertiary/aromatic N) is 1. The van der Waals surface area contributed by atoms with Crippen LogP contribution in [0.4, 0.5) is 11.4 Å². The molecule has 1 aliphatic heterocycles. The van der Waals surface area contributed by atoms with Crippen molar-refractivity contribution in [1.82, 2.24) is 4.90 Å². The topological polar surface area (TPSA) is 78.5 Å². The van der Waals surface area contributed by atoms with E-state index in [1.54, 1.807) is 29.2 Å². The van der Waals surface area contributed by atoms with Crippen LogP contribution < -0.4 is 10.6 Å². The Labute approximate surface area is 129 Å². The van der Waals surface area contributed by atoms with Crippen molar-refractivity contribution < 1.29 is 14.4 Å². The summed E-state index contributed by atoms with van der Waals surface area (Å²) in [4.78, 5) is 36.6. The van der Waals surface area contributed by atoms with Gasteiger partial charge in [0.15, 0.2) is 0 Å². The third-order valence-corrected chi connectivity index (χ3v) is 3.47. The smallest absolute Gasteiger partial charge is 0.243 e. The molecule has 6 heteroatoms. The molecule has 1 fully saturated rings. The number of hydrogen-bond acceptors (Lipinski definition) is 3. The van der Waals surface area contributed by atoms with Gasteiger partial charge in [-0.25, -0.2) is 0 Å². The molecular formula is C16H21N3O3. The van der Waals surface area contributed by atoms with Crippen LogP contribution >= 0.6 is 0 Å². The van der Waals surface area contributed by atoms with Gasteiger partial charge < -0.3 is 15.5 Å². The Bertz CT molecular complexity index is 572. The standard InChI is InChI=1S/C16H21N3O3/c1-12(20)17-13-6-5-7-14(10-13)18-15(21)11-19-9-4-2-3-8-16(19)22/h5-7,10H,2-4,8-9,11H2,1H3,(H,17,20)(H,18,21). The summed E-state index contributed by atoms with van der Waals surface area (Å²) in [5, 5.41) is 5.42. The average Bonchev–Trinajstić information content (AvgIpc) is 2.64. The summed E-state index contributed by atoms with van der Waals surface area (Å²) in [5.41, 5.74) is 1.22. The van der Waals surface area contributed by atoms with Crippen molar-refractivity contribution in [1.29, 1.82) is 0 Å². The molecule has 3 amide bonds. The molecule has 118 valence electrons. The number of hydrogen-bond donors (Lipinski definition) is 2. The predicted molar refractivity (Wildman–Crippen MR) is 84.4 cm³/mol. The van der Waals surface area contributed by atoms with Gasteiger partial charge in [-0.2, -0.15) is 0 Å². The summed E-state index contributed by atoms with van der Waals surface area (Å²) < 4.78 is 0. The molecule has 0 atom stereocenters. The van der Waals surface area contributed by atoms with E-state index in [0.29, 0.717) is 24.3 Å². The van der Waals surface area contributed by atoms with Gasteiger partial charge in [0.1, 0.15) is 0 Å². The lowest BCUT2D eigenvalue weighted by Gasteiger charge is -2.19. The zero-order valence-corrected chi connectivity index (χ0v) is 12.7. The summed E-state index contributed by atoms with van der Waals surface area (Å²) in [7, 11) is 0. The zero-order valence-electron chi connectivity index (χ0n) is 12.7. The van der Waals surface area contributed by atoms with Crippen LogP contribution in [0, 0.1) is 0 Å². The molecule has 0 aliphatic carbocycles. The largest absolute Gasteiger partial charge is 0.333 e. The zero-order chi connectivity index (χ0) is 15.9. The van der Waals surface area contributed by atoms with Crippen molar-refractivity contribution in [3.05, 3.63) is 24.3 Å². The SMILES string of the molecule is CC(=O)Nc1cccc(NC(=O)CN2CCCCCC2=O)c1. The number of nitrogens with one attached hydrogen (secondary N) is 2. The van der Waals surface area contributed by atoms with E-state index in [2.05, 4.69) is 10.6 Å². The molecule has 22 heavy (non-hydrogen) atoms. The van der Waals surface area contributed by atoms with Gasteiger partial charge in [0.25, 0.3) is 0 Å². The first-order valence-electron chi connectivity index (χ1n) is 7.50. The lowest BCUT2D eigenvalue weighted by molar-refractivity contribution is -0.134. The predicted octanol–water partition coefficient (Wildman–Crippen LogP) is 1.99. The van der Waals surface area contributed by atoms with Crippen molar-refractivity contribution in [2.24, 2.45) is 0 Å². The van der Waals surface area contributed by atoms with Gasteiger partial charge in [0.2, 0.25) is 17.7 Å². The highest BCUT2D eigenvalue weighted by Crippen LogP contribution is 2.16. The fourth-order valence-electron chi connectivity index (χ4n) is 2.46. The summed E-state index contributed by atoms with van der Waals surface area (Å²) in [6.45, 7) is 2.14. The fourth-order valence-corrected chi connectivity index (χ4v) is 2.46. The lowest BCUT2D eigenvalue weighted by atomic mass is 10.2. The minimum atomic E-state index is -0.227. The quantitative estimate of drug-likeness (QED) is 0.893. The Hall–Kier alpha value is -2.37. The van der Waals surface area contributed by atoms with Crippen LogP contribution in [-0.2, 0) is 14.4 Å². The first-order chi connectivity index (χ1) is 10.5. The van der Waals surface area contributed by atoms with E-state index in [0.717, 1.165) is 19.3 Å². The molecule has 1 heterocycles. The highest BCUT2D eigenvalue weighted by Gasteiger charge is 2.19. The third kappa shape index (κ3) is 4.87. The van der Waals surface area contributed by atoms with Gasteiger partial charge in [0, 0.05) is 31.3 Å². The Kier molecular flexibility index (Phi) is 5.52. The van der Waals surface area contributed by atoms with Gasteiger partial charge in [-0.15, -0.1) is 0 Å². The third-order valence-electron chi connectivity index (χ3n) is 3.47. The minimum Gasteiger partial charge on any atom is -0.333 e. The van der Waals surface area contributed by atoms with Crippen molar-refractivity contribution in [2.45, 2.75) is 32.6 Å². The second-order valence-corrected chi connectivity index (χ2v) is 5.44. The molecule has 0 radical (unpaired) electrons. The van der Waals surface area contributed by atoms with Crippen LogP contribution in [0.2, 0.25) is 0 Å². The number of rotatable bonds is 4. The molecule has 2 rings (SSSR count). The van der Waals surface area contributed by atoms with Gasteiger partial charge in [0.05, 0.1) is 6.54 Å². The van der Waals surface area contributed by atoms with Crippen LogP contribution in [-0.4, -0.2) is 35.7 Å². The fraction of sp³-hybridized carbons (Fsp3) is 0.438. The van der Waals surface area contributed by atoms with E-state index in [9.17, 15) is 14.4 Å². The van der Waals surface area contributed by atoms with E-state index in [4.69, 9.17) is 0 Å². The molecule has 0 spiro atoms. The lowest BCUT2D eigenvalue weighted by Crippen LogP contribution is -2.37. The number of carbonyl (C=O) groups excluding carboxylic acids is 3. The number of amides is 3. The van der Waals surface area contributed by atoms with E-state index in [-0.39, 0.29) is 24.3 Å². The van der Waals surface area contributed by atoms with Gasteiger partial charge in [-0.1, -0.05) is 12.5 Å². The van der Waals surface area contributed by atoms with Crippen LogP contribution in [0.5, 0.6) is 0 Å². The van der Waals surface area contributed by atoms with Crippen LogP contribution in [0.3, 0.4) is 0 Å². The maximum atomic E-state index is 12.1. The van der Waals surface area contributed by atoms with Gasteiger partial charge in [-0.3, -0.25) is 14.4 Å². The molecule has 0 bridgehead atoms. The summed E-state index contributed by atoms with van der Waals surface area (Å²) in [6, 6.07) is 6.92. The van der Waals surface area contributed by atoms with Crippen LogP contribution in [0.25, 0.3) is 0 Å². The molecule has 0 unspecified atom stereocenters. The highest BCUT2D eigenvalue weighted by atomic mass is 16.2. The normalized spacial score (nSPS) is 15.1. The summed E-state index contributed by atoms with van der Waals surface area (Å²) in [5.74, 6) is -0.353. The number of benzene rings is 1. The first-order valence-corrected chi connectivity index (χ1v) is 7.50. The van der Waals surface area contributed by atoms with E-state index in [1.165, 1.54) is 6.92 Å². The molecule has 1 saturated heterocycles. The molecule has 6 nitrogen and oxygen atoms in total. The number of carbonyl (C=O) groups is 3. The van der Waals surface area contributed by atoms with Crippen molar-refractivity contribution in [3.8, 4) is 0 Å². The molecule has 2 N–H and O–H groups in total. The number of anilines is 2. The van der Waals surface area contributed by atoms with Gasteiger partial charge in [-0.05, 0) is 31.0 Å². The summed E-state index contributed by atoms with van der Waals surface area (Å²) in [6.07, 6.45) is 3.39. The first kappa shape index (κ1) is 16.0. The Balaban J connectivity index is 1.93.